The first-order chi connectivity index (χ1) is 16.4. The van der Waals surface area contributed by atoms with E-state index < -0.39 is 5.82 Å². The van der Waals surface area contributed by atoms with E-state index in [9.17, 15) is 14.0 Å². The molecule has 182 valence electrons. The van der Waals surface area contributed by atoms with Crippen LogP contribution in [0.3, 0.4) is 0 Å². The summed E-state index contributed by atoms with van der Waals surface area (Å²) in [6.45, 7) is 9.77. The topological polar surface area (TPSA) is 64.7 Å². The molecule has 2 aromatic carbocycles. The smallest absolute Gasteiger partial charge is 0.253 e. The second-order valence-electron chi connectivity index (χ2n) is 9.63. The van der Waals surface area contributed by atoms with E-state index in [1.807, 2.05) is 6.92 Å². The van der Waals surface area contributed by atoms with Gasteiger partial charge in [0.15, 0.2) is 0 Å². The van der Waals surface area contributed by atoms with Gasteiger partial charge >= 0.3 is 0 Å². The standard InChI is InChI=1S/C27H35FN4O2/c1-19-6-5-7-22(16-19)32-14-12-31(13-15-32)11-4-3-10-29-26(33)24-18-21(28)8-9-25(24)30-27(34)23-17-20(23)2/h5-9,16,18,20,23H,3-4,10-15,17H2,1-2H3,(H,29,33)(H,30,34). The van der Waals surface area contributed by atoms with Crippen LogP contribution in [0.15, 0.2) is 42.5 Å². The largest absolute Gasteiger partial charge is 0.369 e. The molecular formula is C27H35FN4O2. The third kappa shape index (κ3) is 6.35. The van der Waals surface area contributed by atoms with Crippen molar-refractivity contribution in [2.45, 2.75) is 33.1 Å². The van der Waals surface area contributed by atoms with E-state index in [4.69, 9.17) is 0 Å². The quantitative estimate of drug-likeness (QED) is 0.547. The molecular weight excluding hydrogens is 431 g/mol. The highest BCUT2D eigenvalue weighted by molar-refractivity contribution is 6.04. The molecule has 0 bridgehead atoms. The minimum absolute atomic E-state index is 0.0142. The molecule has 2 aromatic rings. The molecule has 6 nitrogen and oxygen atoms in total. The fraction of sp³-hybridized carbons (Fsp3) is 0.481. The summed E-state index contributed by atoms with van der Waals surface area (Å²) >= 11 is 0. The van der Waals surface area contributed by atoms with Crippen LogP contribution in [0.4, 0.5) is 15.8 Å². The molecule has 1 aliphatic carbocycles. The second kappa shape index (κ2) is 11.0. The Morgan fingerprint density at radius 1 is 1.06 bits per heavy atom. The van der Waals surface area contributed by atoms with Gasteiger partial charge in [-0.15, -0.1) is 0 Å². The molecule has 2 unspecified atom stereocenters. The van der Waals surface area contributed by atoms with Crippen LogP contribution in [-0.2, 0) is 4.79 Å². The summed E-state index contributed by atoms with van der Waals surface area (Å²) in [6, 6.07) is 12.6. The number of aryl methyl sites for hydroxylation is 1. The number of halogens is 1. The van der Waals surface area contributed by atoms with E-state index in [-0.39, 0.29) is 23.3 Å². The summed E-state index contributed by atoms with van der Waals surface area (Å²) in [6.07, 6.45) is 2.69. The van der Waals surface area contributed by atoms with E-state index in [1.165, 1.54) is 29.4 Å². The maximum atomic E-state index is 13.8. The van der Waals surface area contributed by atoms with E-state index in [2.05, 4.69) is 51.6 Å². The predicted octanol–water partition coefficient (Wildman–Crippen LogP) is 4.06. The Balaban J connectivity index is 1.17. The van der Waals surface area contributed by atoms with Crippen LogP contribution in [0.1, 0.15) is 42.1 Å². The van der Waals surface area contributed by atoms with E-state index in [0.29, 0.717) is 18.2 Å². The number of carbonyl (C=O) groups is 2. The van der Waals surface area contributed by atoms with Crippen LogP contribution in [0.2, 0.25) is 0 Å². The van der Waals surface area contributed by atoms with Crippen molar-refractivity contribution in [1.82, 2.24) is 10.2 Å². The molecule has 1 heterocycles. The first kappa shape index (κ1) is 24.2. The summed E-state index contributed by atoms with van der Waals surface area (Å²) in [5.74, 6) is -0.600. The number of amides is 2. The van der Waals surface area contributed by atoms with E-state index in [0.717, 1.165) is 52.0 Å². The van der Waals surface area contributed by atoms with Crippen molar-refractivity contribution in [3.8, 4) is 0 Å². The number of piperazine rings is 1. The van der Waals surface area contributed by atoms with E-state index >= 15 is 0 Å². The van der Waals surface area contributed by atoms with Crippen molar-refractivity contribution in [3.05, 3.63) is 59.4 Å². The van der Waals surface area contributed by atoms with Gasteiger partial charge in [-0.2, -0.15) is 0 Å². The average Bonchev–Trinajstić information content (AvgIpc) is 3.57. The molecule has 0 radical (unpaired) electrons. The van der Waals surface area contributed by atoms with Gasteiger partial charge < -0.3 is 15.5 Å². The summed E-state index contributed by atoms with van der Waals surface area (Å²) in [4.78, 5) is 29.8. The summed E-state index contributed by atoms with van der Waals surface area (Å²) in [5.41, 5.74) is 3.12. The van der Waals surface area contributed by atoms with Gasteiger partial charge in [0.2, 0.25) is 5.91 Å². The highest BCUT2D eigenvalue weighted by Crippen LogP contribution is 2.38. The van der Waals surface area contributed by atoms with Crippen molar-refractivity contribution in [3.63, 3.8) is 0 Å². The van der Waals surface area contributed by atoms with Crippen molar-refractivity contribution in [2.24, 2.45) is 11.8 Å². The van der Waals surface area contributed by atoms with Gasteiger partial charge in [-0.25, -0.2) is 4.39 Å². The van der Waals surface area contributed by atoms with Gasteiger partial charge in [0.05, 0.1) is 11.3 Å². The monoisotopic (exact) mass is 466 g/mol. The highest BCUT2D eigenvalue weighted by atomic mass is 19.1. The third-order valence-electron chi connectivity index (χ3n) is 6.86. The minimum atomic E-state index is -0.493. The molecule has 1 saturated carbocycles. The summed E-state index contributed by atoms with van der Waals surface area (Å²) in [7, 11) is 0. The van der Waals surface area contributed by atoms with Crippen LogP contribution < -0.4 is 15.5 Å². The van der Waals surface area contributed by atoms with Crippen molar-refractivity contribution >= 4 is 23.2 Å². The second-order valence-corrected chi connectivity index (χ2v) is 9.63. The van der Waals surface area contributed by atoms with Crippen LogP contribution in [0, 0.1) is 24.6 Å². The maximum Gasteiger partial charge on any atom is 0.253 e. The molecule has 0 aromatic heterocycles. The lowest BCUT2D eigenvalue weighted by atomic mass is 10.1. The SMILES string of the molecule is Cc1cccc(N2CCN(CCCCNC(=O)c3cc(F)ccc3NC(=O)C3CC3C)CC2)c1. The third-order valence-corrected chi connectivity index (χ3v) is 6.86. The molecule has 2 fully saturated rings. The van der Waals surface area contributed by atoms with Gasteiger partial charge in [-0.3, -0.25) is 14.5 Å². The fourth-order valence-corrected chi connectivity index (χ4v) is 4.54. The summed E-state index contributed by atoms with van der Waals surface area (Å²) in [5, 5.41) is 5.68. The maximum absolute atomic E-state index is 13.8. The van der Waals surface area contributed by atoms with Crippen LogP contribution in [0.25, 0.3) is 0 Å². The molecule has 1 saturated heterocycles. The molecule has 7 heteroatoms. The highest BCUT2D eigenvalue weighted by Gasteiger charge is 2.39. The van der Waals surface area contributed by atoms with Crippen molar-refractivity contribution in [1.29, 1.82) is 0 Å². The van der Waals surface area contributed by atoms with Gasteiger partial charge in [-0.1, -0.05) is 19.1 Å². The number of nitrogens with one attached hydrogen (secondary N) is 2. The summed E-state index contributed by atoms with van der Waals surface area (Å²) < 4.78 is 13.8. The number of hydrogen-bond acceptors (Lipinski definition) is 4. The lowest BCUT2D eigenvalue weighted by molar-refractivity contribution is -0.117. The molecule has 4 rings (SSSR count). The number of hydrogen-bond donors (Lipinski definition) is 2. The molecule has 0 spiro atoms. The Kier molecular flexibility index (Phi) is 7.83. The zero-order valence-electron chi connectivity index (χ0n) is 20.1. The Morgan fingerprint density at radius 2 is 1.82 bits per heavy atom. The molecule has 34 heavy (non-hydrogen) atoms. The van der Waals surface area contributed by atoms with E-state index in [1.54, 1.807) is 0 Å². The molecule has 2 amide bonds. The molecule has 2 N–H and O–H groups in total. The normalized spacial score (nSPS) is 20.1. The fourth-order valence-electron chi connectivity index (χ4n) is 4.54. The lowest BCUT2D eigenvalue weighted by Gasteiger charge is -2.36. The Bertz CT molecular complexity index is 1020. The number of benzene rings is 2. The van der Waals surface area contributed by atoms with Crippen molar-refractivity contribution < 1.29 is 14.0 Å². The first-order valence-corrected chi connectivity index (χ1v) is 12.3. The number of nitrogens with zero attached hydrogens (tertiary/aromatic N) is 2. The molecule has 2 atom stereocenters. The van der Waals surface area contributed by atoms with Crippen molar-refractivity contribution in [2.75, 3.05) is 49.5 Å². The van der Waals surface area contributed by atoms with Gasteiger partial charge in [0.1, 0.15) is 5.82 Å². The molecule has 1 aliphatic heterocycles. The zero-order chi connectivity index (χ0) is 24.1. The van der Waals surface area contributed by atoms with Crippen LogP contribution in [-0.4, -0.2) is 56.0 Å². The van der Waals surface area contributed by atoms with Crippen LogP contribution in [0.5, 0.6) is 0 Å². The Morgan fingerprint density at radius 3 is 2.53 bits per heavy atom. The minimum Gasteiger partial charge on any atom is -0.369 e. The zero-order valence-corrected chi connectivity index (χ0v) is 20.1. The average molecular weight is 467 g/mol. The lowest BCUT2D eigenvalue weighted by Crippen LogP contribution is -2.46. The number of rotatable bonds is 9. The Labute approximate surface area is 201 Å². The van der Waals surface area contributed by atoms with Gasteiger partial charge in [-0.05, 0) is 74.5 Å². The first-order valence-electron chi connectivity index (χ1n) is 12.3. The Hall–Kier alpha value is -2.93. The predicted molar refractivity (Wildman–Crippen MR) is 134 cm³/mol. The van der Waals surface area contributed by atoms with Crippen LogP contribution >= 0.6 is 0 Å². The van der Waals surface area contributed by atoms with Gasteiger partial charge in [0, 0.05) is 44.3 Å². The van der Waals surface area contributed by atoms with Gasteiger partial charge in [0.25, 0.3) is 5.91 Å². The number of anilines is 2. The molecule has 2 aliphatic rings. The number of carbonyl (C=O) groups excluding carboxylic acids is 2. The number of unbranched alkanes of at least 4 members (excludes halogenated alkanes) is 1.